The third-order valence-corrected chi connectivity index (χ3v) is 4.72. The molecule has 0 N–H and O–H groups in total. The van der Waals surface area contributed by atoms with Gasteiger partial charge in [0.05, 0.1) is 23.8 Å². The number of halogens is 3. The van der Waals surface area contributed by atoms with E-state index in [1.54, 1.807) is 0 Å². The molecular weight excluding hydrogens is 357 g/mol. The molecule has 0 bridgehead atoms. The number of aldehydes is 1. The van der Waals surface area contributed by atoms with E-state index < -0.39 is 6.36 Å². The summed E-state index contributed by atoms with van der Waals surface area (Å²) in [6.07, 6.45) is -3.59. The maximum absolute atomic E-state index is 12.2. The molecule has 0 atom stereocenters. The maximum Gasteiger partial charge on any atom is 0.573 e. The van der Waals surface area contributed by atoms with E-state index in [4.69, 9.17) is 4.74 Å². The summed E-state index contributed by atoms with van der Waals surface area (Å²) in [5.41, 5.74) is 1.36. The van der Waals surface area contributed by atoms with Crippen LogP contribution in [0.2, 0.25) is 0 Å². The molecule has 0 amide bonds. The Bertz CT molecular complexity index is 725. The summed E-state index contributed by atoms with van der Waals surface area (Å²) < 4.78 is 45.7. The zero-order valence-electron chi connectivity index (χ0n) is 13.1. The van der Waals surface area contributed by atoms with Crippen LogP contribution in [0.1, 0.15) is 20.9 Å². The van der Waals surface area contributed by atoms with E-state index in [1.807, 2.05) is 0 Å². The van der Waals surface area contributed by atoms with Crippen molar-refractivity contribution in [3.8, 4) is 5.75 Å². The lowest BCUT2D eigenvalue weighted by Crippen LogP contribution is -2.36. The molecule has 5 nitrogen and oxygen atoms in total. The van der Waals surface area contributed by atoms with E-state index >= 15 is 0 Å². The molecule has 0 unspecified atom stereocenters. The molecule has 1 aromatic heterocycles. The summed E-state index contributed by atoms with van der Waals surface area (Å²) in [5, 5.41) is 0.762. The summed E-state index contributed by atoms with van der Waals surface area (Å²) in [4.78, 5) is 18.4. The second kappa shape index (κ2) is 7.40. The maximum atomic E-state index is 12.2. The number of alkyl halides is 3. The lowest BCUT2D eigenvalue weighted by molar-refractivity contribution is -0.274. The van der Waals surface area contributed by atoms with Gasteiger partial charge in [-0.3, -0.25) is 4.79 Å². The zero-order valence-corrected chi connectivity index (χ0v) is 13.9. The molecule has 1 fully saturated rings. The highest BCUT2D eigenvalue weighted by atomic mass is 32.1. The Morgan fingerprint density at radius 1 is 1.24 bits per heavy atom. The molecule has 9 heteroatoms. The van der Waals surface area contributed by atoms with E-state index in [0.29, 0.717) is 43.3 Å². The van der Waals surface area contributed by atoms with Crippen LogP contribution in [-0.2, 0) is 11.2 Å². The topological polar surface area (TPSA) is 51.7 Å². The van der Waals surface area contributed by atoms with Crippen LogP contribution in [0.15, 0.2) is 24.3 Å². The van der Waals surface area contributed by atoms with Gasteiger partial charge in [-0.15, -0.1) is 13.2 Å². The average Bonchev–Trinajstić information content (AvgIpc) is 2.99. The van der Waals surface area contributed by atoms with Gasteiger partial charge >= 0.3 is 6.36 Å². The predicted molar refractivity (Wildman–Crippen MR) is 86.5 cm³/mol. The van der Waals surface area contributed by atoms with Crippen LogP contribution in [0, 0.1) is 0 Å². The number of rotatable bonds is 5. The van der Waals surface area contributed by atoms with Crippen LogP contribution in [-0.4, -0.2) is 43.9 Å². The Morgan fingerprint density at radius 2 is 1.92 bits per heavy atom. The fraction of sp³-hybridized carbons (Fsp3) is 0.375. The van der Waals surface area contributed by atoms with Crippen molar-refractivity contribution >= 4 is 22.8 Å². The van der Waals surface area contributed by atoms with Crippen LogP contribution in [0.25, 0.3) is 0 Å². The average molecular weight is 372 g/mol. The SMILES string of the molecule is O=Cc1sc(N2CCOCC2)nc1Cc1ccc(OC(F)(F)F)cc1. The number of carbonyl (C=O) groups excluding carboxylic acids is 1. The second-order valence-corrected chi connectivity index (χ2v) is 6.40. The number of ether oxygens (including phenoxy) is 2. The Labute approximate surface area is 146 Å². The molecule has 134 valence electrons. The van der Waals surface area contributed by atoms with E-state index in [2.05, 4.69) is 14.6 Å². The first-order chi connectivity index (χ1) is 11.9. The molecule has 0 aliphatic carbocycles. The van der Waals surface area contributed by atoms with Crippen molar-refractivity contribution in [1.29, 1.82) is 0 Å². The van der Waals surface area contributed by atoms with Crippen molar-refractivity contribution in [1.82, 2.24) is 4.98 Å². The minimum Gasteiger partial charge on any atom is -0.406 e. The molecule has 25 heavy (non-hydrogen) atoms. The summed E-state index contributed by atoms with van der Waals surface area (Å²) in [7, 11) is 0. The third kappa shape index (κ3) is 4.70. The Hall–Kier alpha value is -2.13. The number of carbonyl (C=O) groups is 1. The van der Waals surface area contributed by atoms with Crippen LogP contribution in [0.5, 0.6) is 5.75 Å². The van der Waals surface area contributed by atoms with Gasteiger partial charge in [0.2, 0.25) is 0 Å². The van der Waals surface area contributed by atoms with Gasteiger partial charge < -0.3 is 14.4 Å². The number of aromatic nitrogens is 1. The summed E-state index contributed by atoms with van der Waals surface area (Å²) in [6.45, 7) is 2.67. The van der Waals surface area contributed by atoms with E-state index in [-0.39, 0.29) is 5.75 Å². The van der Waals surface area contributed by atoms with Gasteiger partial charge in [0.1, 0.15) is 5.75 Å². The molecule has 1 aliphatic heterocycles. The molecule has 2 heterocycles. The number of benzene rings is 1. The van der Waals surface area contributed by atoms with Gasteiger partial charge in [-0.1, -0.05) is 23.5 Å². The number of hydrogen-bond donors (Lipinski definition) is 0. The minimum atomic E-state index is -4.71. The molecule has 0 spiro atoms. The first kappa shape index (κ1) is 17.7. The van der Waals surface area contributed by atoms with Gasteiger partial charge in [-0.2, -0.15) is 0 Å². The van der Waals surface area contributed by atoms with Crippen LogP contribution in [0.4, 0.5) is 18.3 Å². The van der Waals surface area contributed by atoms with Crippen LogP contribution in [0.3, 0.4) is 0 Å². The fourth-order valence-corrected chi connectivity index (χ4v) is 3.41. The fourth-order valence-electron chi connectivity index (χ4n) is 2.46. The molecule has 2 aromatic rings. The van der Waals surface area contributed by atoms with Crippen molar-refractivity contribution in [2.45, 2.75) is 12.8 Å². The Morgan fingerprint density at radius 3 is 2.52 bits per heavy atom. The molecule has 1 aromatic carbocycles. The molecule has 0 radical (unpaired) electrons. The molecule has 3 rings (SSSR count). The standard InChI is InChI=1S/C16H15F3N2O3S/c17-16(18,19)24-12-3-1-11(2-4-12)9-13-14(10-22)25-15(20-13)21-5-7-23-8-6-21/h1-4,10H,5-9H2. The third-order valence-electron chi connectivity index (χ3n) is 3.63. The first-order valence-electron chi connectivity index (χ1n) is 7.57. The largest absolute Gasteiger partial charge is 0.573 e. The smallest absolute Gasteiger partial charge is 0.406 e. The quantitative estimate of drug-likeness (QED) is 0.754. The lowest BCUT2D eigenvalue weighted by atomic mass is 10.1. The van der Waals surface area contributed by atoms with Gasteiger partial charge in [0.15, 0.2) is 11.4 Å². The first-order valence-corrected chi connectivity index (χ1v) is 8.38. The van der Waals surface area contributed by atoms with Crippen molar-refractivity contribution in [2.75, 3.05) is 31.2 Å². The molecule has 0 saturated carbocycles. The minimum absolute atomic E-state index is 0.279. The molecule has 1 aliphatic rings. The lowest BCUT2D eigenvalue weighted by Gasteiger charge is -2.26. The van der Waals surface area contributed by atoms with Crippen molar-refractivity contribution in [3.05, 3.63) is 40.4 Å². The highest BCUT2D eigenvalue weighted by Gasteiger charge is 2.31. The van der Waals surface area contributed by atoms with E-state index in [1.165, 1.54) is 35.6 Å². The molecule has 1 saturated heterocycles. The Balaban J connectivity index is 1.73. The molecular formula is C16H15F3N2O3S. The highest BCUT2D eigenvalue weighted by molar-refractivity contribution is 7.17. The van der Waals surface area contributed by atoms with Gasteiger partial charge in [-0.25, -0.2) is 4.98 Å². The zero-order chi connectivity index (χ0) is 17.9. The van der Waals surface area contributed by atoms with Gasteiger partial charge in [0.25, 0.3) is 0 Å². The van der Waals surface area contributed by atoms with Crippen LogP contribution < -0.4 is 9.64 Å². The predicted octanol–water partition coefficient (Wildman–Crippen LogP) is 3.28. The van der Waals surface area contributed by atoms with E-state index in [0.717, 1.165) is 17.0 Å². The highest BCUT2D eigenvalue weighted by Crippen LogP contribution is 2.28. The summed E-state index contributed by atoms with van der Waals surface area (Å²) >= 11 is 1.31. The van der Waals surface area contributed by atoms with Gasteiger partial charge in [-0.05, 0) is 17.7 Å². The second-order valence-electron chi connectivity index (χ2n) is 5.39. The Kier molecular flexibility index (Phi) is 5.24. The summed E-state index contributed by atoms with van der Waals surface area (Å²) in [6, 6.07) is 5.56. The van der Waals surface area contributed by atoms with E-state index in [9.17, 15) is 18.0 Å². The number of thiazole rings is 1. The summed E-state index contributed by atoms with van der Waals surface area (Å²) in [5.74, 6) is -0.279. The van der Waals surface area contributed by atoms with Gasteiger partial charge in [0, 0.05) is 19.5 Å². The van der Waals surface area contributed by atoms with Crippen molar-refractivity contribution < 1.29 is 27.4 Å². The van der Waals surface area contributed by atoms with Crippen molar-refractivity contribution in [3.63, 3.8) is 0 Å². The number of anilines is 1. The number of nitrogens with zero attached hydrogens (tertiary/aromatic N) is 2. The normalized spacial score (nSPS) is 15.2. The number of hydrogen-bond acceptors (Lipinski definition) is 6. The van der Waals surface area contributed by atoms with Crippen LogP contribution >= 0.6 is 11.3 Å². The monoisotopic (exact) mass is 372 g/mol. The van der Waals surface area contributed by atoms with Crippen molar-refractivity contribution in [2.24, 2.45) is 0 Å². The number of morpholine rings is 1.